The van der Waals surface area contributed by atoms with E-state index in [2.05, 4.69) is 193 Å². The van der Waals surface area contributed by atoms with Crippen molar-refractivity contribution in [3.8, 4) is 32.7 Å². The van der Waals surface area contributed by atoms with Crippen LogP contribution >= 0.6 is 34.0 Å². The third-order valence-corrected chi connectivity index (χ3v) is 14.1. The predicted molar refractivity (Wildman–Crippen MR) is 239 cm³/mol. The predicted octanol–water partition coefficient (Wildman–Crippen LogP) is 16.1. The van der Waals surface area contributed by atoms with Gasteiger partial charge in [0.15, 0.2) is 0 Å². The monoisotopic (exact) mass is 741 g/mol. The Morgan fingerprint density at radius 2 is 0.741 bits per heavy atom. The lowest BCUT2D eigenvalue weighted by Crippen LogP contribution is -2.09. The molecule has 4 heteroatoms. The molecule has 0 spiro atoms. The molecule has 0 unspecified atom stereocenters. The molecule has 0 amide bonds. The molecule has 11 aromatic rings. The fourth-order valence-electron chi connectivity index (χ4n) is 7.88. The molecule has 11 rings (SSSR count). The van der Waals surface area contributed by atoms with Gasteiger partial charge in [0, 0.05) is 67.0 Å². The molecule has 254 valence electrons. The van der Waals surface area contributed by atoms with Crippen LogP contribution in [0.3, 0.4) is 0 Å². The first-order valence-electron chi connectivity index (χ1n) is 18.2. The van der Waals surface area contributed by atoms with E-state index in [1.54, 1.807) is 0 Å². The summed E-state index contributed by atoms with van der Waals surface area (Å²) >= 11 is 5.61. The van der Waals surface area contributed by atoms with Crippen LogP contribution in [0.25, 0.3) is 83.1 Å². The zero-order chi connectivity index (χ0) is 35.6. The molecular formula is C50H31NS3. The second kappa shape index (κ2) is 12.8. The average Bonchev–Trinajstić information content (AvgIpc) is 3.95. The van der Waals surface area contributed by atoms with Gasteiger partial charge < -0.3 is 4.90 Å². The Hall–Kier alpha value is -6.04. The Balaban J connectivity index is 0.998. The number of hydrogen-bond acceptors (Lipinski definition) is 4. The van der Waals surface area contributed by atoms with Crippen LogP contribution in [0, 0.1) is 0 Å². The molecule has 8 aromatic carbocycles. The van der Waals surface area contributed by atoms with Gasteiger partial charge in [-0.3, -0.25) is 0 Å². The van der Waals surface area contributed by atoms with Gasteiger partial charge in [-0.1, -0.05) is 127 Å². The van der Waals surface area contributed by atoms with Crippen LogP contribution in [0.5, 0.6) is 0 Å². The van der Waals surface area contributed by atoms with Gasteiger partial charge >= 0.3 is 0 Å². The van der Waals surface area contributed by atoms with E-state index in [-0.39, 0.29) is 0 Å². The molecule has 0 aliphatic carbocycles. The summed E-state index contributed by atoms with van der Waals surface area (Å²) < 4.78 is 6.65. The van der Waals surface area contributed by atoms with Crippen LogP contribution in [0.2, 0.25) is 0 Å². The molecule has 0 saturated heterocycles. The first-order valence-corrected chi connectivity index (χ1v) is 20.6. The minimum atomic E-state index is 1.12. The smallest absolute Gasteiger partial charge is 0.0462 e. The topological polar surface area (TPSA) is 3.24 Å². The molecule has 0 radical (unpaired) electrons. The van der Waals surface area contributed by atoms with Crippen LogP contribution in [-0.4, -0.2) is 0 Å². The lowest BCUT2D eigenvalue weighted by Gasteiger charge is -2.26. The quantitative estimate of drug-likeness (QED) is 0.164. The van der Waals surface area contributed by atoms with Crippen molar-refractivity contribution in [2.75, 3.05) is 4.90 Å². The summed E-state index contributed by atoms with van der Waals surface area (Å²) in [6, 6.07) is 69.1. The number of thiophene rings is 3. The summed E-state index contributed by atoms with van der Waals surface area (Å²) in [4.78, 5) is 3.66. The van der Waals surface area contributed by atoms with Gasteiger partial charge in [-0.05, 0) is 93.9 Å². The fourth-order valence-corrected chi connectivity index (χ4v) is 11.4. The van der Waals surface area contributed by atoms with Crippen molar-refractivity contribution in [3.63, 3.8) is 0 Å². The highest BCUT2D eigenvalue weighted by Gasteiger charge is 2.17. The molecule has 54 heavy (non-hydrogen) atoms. The summed E-state index contributed by atoms with van der Waals surface area (Å²) in [6.07, 6.45) is 0. The zero-order valence-corrected chi connectivity index (χ0v) is 31.5. The fraction of sp³-hybridized carbons (Fsp3) is 0. The first kappa shape index (κ1) is 31.5. The van der Waals surface area contributed by atoms with Crippen LogP contribution in [0.15, 0.2) is 188 Å². The third kappa shape index (κ3) is 5.26. The molecule has 0 aliphatic rings. The van der Waals surface area contributed by atoms with Gasteiger partial charge in [0.25, 0.3) is 0 Å². The lowest BCUT2D eigenvalue weighted by atomic mass is 10.0. The van der Waals surface area contributed by atoms with Crippen molar-refractivity contribution < 1.29 is 0 Å². The molecule has 0 fully saturated rings. The normalized spacial score (nSPS) is 11.7. The second-order valence-corrected chi connectivity index (χ2v) is 16.9. The summed E-state index contributed by atoms with van der Waals surface area (Å²) in [6.45, 7) is 0. The maximum atomic E-state index is 2.38. The molecule has 1 nitrogen and oxygen atoms in total. The third-order valence-electron chi connectivity index (χ3n) is 10.5. The SMILES string of the molecule is c1ccc2sc(-c3ccc(N(c4ccc(-c5cccc6c5sc5ccccc56)cc4)c4ccc(-c5cccc6c5sc5ccccc56)cc4)cc3)cc2c1. The van der Waals surface area contributed by atoms with E-state index in [0.29, 0.717) is 0 Å². The van der Waals surface area contributed by atoms with Crippen molar-refractivity contribution in [3.05, 3.63) is 188 Å². The van der Waals surface area contributed by atoms with E-state index < -0.39 is 0 Å². The average molecular weight is 742 g/mol. The Morgan fingerprint density at radius 3 is 1.24 bits per heavy atom. The highest BCUT2D eigenvalue weighted by Crippen LogP contribution is 2.44. The minimum Gasteiger partial charge on any atom is -0.311 e. The van der Waals surface area contributed by atoms with Gasteiger partial charge in [-0.15, -0.1) is 34.0 Å². The maximum Gasteiger partial charge on any atom is 0.0462 e. The number of anilines is 3. The number of hydrogen-bond donors (Lipinski definition) is 0. The molecule has 0 N–H and O–H groups in total. The highest BCUT2D eigenvalue weighted by atomic mass is 32.1. The van der Waals surface area contributed by atoms with Crippen molar-refractivity contribution in [2.24, 2.45) is 0 Å². The van der Waals surface area contributed by atoms with E-state index >= 15 is 0 Å². The first-order chi connectivity index (χ1) is 26.7. The largest absolute Gasteiger partial charge is 0.311 e. The van der Waals surface area contributed by atoms with Gasteiger partial charge in [0.2, 0.25) is 0 Å². The van der Waals surface area contributed by atoms with Gasteiger partial charge in [-0.2, -0.15) is 0 Å². The Labute approximate surface area is 325 Å². The zero-order valence-electron chi connectivity index (χ0n) is 29.1. The lowest BCUT2D eigenvalue weighted by molar-refractivity contribution is 1.28. The number of fused-ring (bicyclic) bond motifs is 7. The van der Waals surface area contributed by atoms with Crippen LogP contribution in [0.1, 0.15) is 0 Å². The van der Waals surface area contributed by atoms with E-state index in [0.717, 1.165) is 17.1 Å². The van der Waals surface area contributed by atoms with E-state index in [4.69, 9.17) is 0 Å². The Morgan fingerprint density at radius 1 is 0.315 bits per heavy atom. The van der Waals surface area contributed by atoms with E-state index in [9.17, 15) is 0 Å². The summed E-state index contributed by atoms with van der Waals surface area (Å²) in [5.41, 5.74) is 9.61. The molecule has 3 aromatic heterocycles. The maximum absolute atomic E-state index is 2.38. The minimum absolute atomic E-state index is 1.12. The summed E-state index contributed by atoms with van der Waals surface area (Å²) in [5, 5.41) is 6.59. The van der Waals surface area contributed by atoms with Crippen molar-refractivity contribution >= 4 is 102 Å². The van der Waals surface area contributed by atoms with Crippen LogP contribution in [0.4, 0.5) is 17.1 Å². The van der Waals surface area contributed by atoms with Crippen molar-refractivity contribution in [2.45, 2.75) is 0 Å². The highest BCUT2D eigenvalue weighted by molar-refractivity contribution is 7.26. The van der Waals surface area contributed by atoms with Gasteiger partial charge in [0.05, 0.1) is 0 Å². The molecule has 0 atom stereocenters. The Bertz CT molecular complexity index is 2950. The van der Waals surface area contributed by atoms with Crippen molar-refractivity contribution in [1.29, 1.82) is 0 Å². The van der Waals surface area contributed by atoms with E-state index in [1.807, 2.05) is 34.0 Å². The number of benzene rings is 8. The van der Waals surface area contributed by atoms with E-state index in [1.165, 1.54) is 83.1 Å². The molecular weight excluding hydrogens is 711 g/mol. The summed E-state index contributed by atoms with van der Waals surface area (Å²) in [5.74, 6) is 0. The van der Waals surface area contributed by atoms with Gasteiger partial charge in [0.1, 0.15) is 0 Å². The molecule has 0 aliphatic heterocycles. The number of nitrogens with zero attached hydrogens (tertiary/aromatic N) is 1. The molecule has 0 bridgehead atoms. The van der Waals surface area contributed by atoms with Gasteiger partial charge in [-0.25, -0.2) is 0 Å². The standard InChI is InChI=1S/C50H31NS3/c1-4-16-45-35(9-1)31-48(52-45)34-23-29-38(30-24-34)51(36-25-19-32(20-26-36)39-12-7-14-43-41-10-2-5-17-46(41)53-49(39)43)37-27-21-33(22-28-37)40-13-8-15-44-42-11-3-6-18-47(42)54-50(40)44/h1-31H. The molecule has 0 saturated carbocycles. The summed E-state index contributed by atoms with van der Waals surface area (Å²) in [7, 11) is 0. The second-order valence-electron chi connectivity index (χ2n) is 13.7. The number of rotatable bonds is 6. The van der Waals surface area contributed by atoms with Crippen LogP contribution in [-0.2, 0) is 0 Å². The van der Waals surface area contributed by atoms with Crippen molar-refractivity contribution in [1.82, 2.24) is 0 Å². The van der Waals surface area contributed by atoms with Crippen LogP contribution < -0.4 is 4.90 Å². The Kier molecular flexibility index (Phi) is 7.47. The molecule has 3 heterocycles.